The van der Waals surface area contributed by atoms with Crippen LogP contribution in [-0.2, 0) is 14.2 Å². The second-order valence-corrected chi connectivity index (χ2v) is 5.32. The lowest BCUT2D eigenvalue weighted by atomic mass is 10.1. The molecule has 0 bridgehead atoms. The lowest BCUT2D eigenvalue weighted by Gasteiger charge is -2.22. The highest BCUT2D eigenvalue weighted by atomic mass is 16.5. The van der Waals surface area contributed by atoms with Gasteiger partial charge in [0, 0.05) is 26.4 Å². The first-order chi connectivity index (χ1) is 9.93. The third-order valence-electron chi connectivity index (χ3n) is 3.54. The van der Waals surface area contributed by atoms with Gasteiger partial charge in [-0.1, -0.05) is 12.8 Å². The molecule has 0 spiro atoms. The summed E-state index contributed by atoms with van der Waals surface area (Å²) in [6.07, 6.45) is 10.3. The van der Waals surface area contributed by atoms with Crippen molar-refractivity contribution in [1.29, 1.82) is 5.26 Å². The van der Waals surface area contributed by atoms with Crippen LogP contribution < -0.4 is 0 Å². The van der Waals surface area contributed by atoms with E-state index in [4.69, 9.17) is 19.5 Å². The van der Waals surface area contributed by atoms with Crippen molar-refractivity contribution < 1.29 is 14.2 Å². The van der Waals surface area contributed by atoms with Crippen LogP contribution in [0.3, 0.4) is 0 Å². The van der Waals surface area contributed by atoms with Gasteiger partial charge >= 0.3 is 0 Å². The maximum atomic E-state index is 8.34. The number of hydrogen-bond acceptors (Lipinski definition) is 4. The molecule has 0 N–H and O–H groups in total. The molecule has 1 fully saturated rings. The molecule has 1 rings (SSSR count). The Kier molecular flexibility index (Phi) is 11.6. The quantitative estimate of drug-likeness (QED) is 0.515. The van der Waals surface area contributed by atoms with Gasteiger partial charge in [-0.15, -0.1) is 0 Å². The summed E-state index contributed by atoms with van der Waals surface area (Å²) in [7, 11) is 0. The van der Waals surface area contributed by atoms with Crippen molar-refractivity contribution in [2.75, 3.05) is 33.0 Å². The third-order valence-corrected chi connectivity index (χ3v) is 3.54. The van der Waals surface area contributed by atoms with Gasteiger partial charge in [-0.3, -0.25) is 0 Å². The van der Waals surface area contributed by atoms with E-state index in [-0.39, 0.29) is 0 Å². The Morgan fingerprint density at radius 2 is 1.70 bits per heavy atom. The fraction of sp³-hybridized carbons (Fsp3) is 0.938. The highest BCUT2D eigenvalue weighted by molar-refractivity contribution is 4.67. The van der Waals surface area contributed by atoms with Crippen LogP contribution in [0, 0.1) is 11.3 Å². The molecule has 1 aliphatic rings. The highest BCUT2D eigenvalue weighted by Gasteiger charge is 2.12. The third kappa shape index (κ3) is 10.2. The van der Waals surface area contributed by atoms with Crippen molar-refractivity contribution in [1.82, 2.24) is 0 Å². The Labute approximate surface area is 123 Å². The fourth-order valence-corrected chi connectivity index (χ4v) is 2.33. The molecule has 0 aromatic carbocycles. The molecule has 1 unspecified atom stereocenters. The molecule has 4 nitrogen and oxygen atoms in total. The van der Waals surface area contributed by atoms with Crippen LogP contribution in [-0.4, -0.2) is 39.1 Å². The van der Waals surface area contributed by atoms with Gasteiger partial charge in [0.05, 0.1) is 25.2 Å². The van der Waals surface area contributed by atoms with Crippen molar-refractivity contribution in [2.24, 2.45) is 0 Å². The van der Waals surface area contributed by atoms with E-state index in [0.29, 0.717) is 19.1 Å². The predicted molar refractivity (Wildman–Crippen MR) is 78.5 cm³/mol. The Bertz CT molecular complexity index is 247. The van der Waals surface area contributed by atoms with Gasteiger partial charge in [-0.05, 0) is 38.5 Å². The minimum Gasteiger partial charge on any atom is -0.381 e. The molecule has 1 atom stereocenters. The van der Waals surface area contributed by atoms with Gasteiger partial charge in [0.25, 0.3) is 0 Å². The van der Waals surface area contributed by atoms with Gasteiger partial charge in [0.1, 0.15) is 0 Å². The van der Waals surface area contributed by atoms with E-state index in [1.165, 1.54) is 32.1 Å². The molecule has 20 heavy (non-hydrogen) atoms. The molecular formula is C16H29NO3. The van der Waals surface area contributed by atoms with Crippen LogP contribution >= 0.6 is 0 Å². The molecule has 1 heterocycles. The minimum atomic E-state index is 0.439. The average molecular weight is 283 g/mol. The van der Waals surface area contributed by atoms with Crippen molar-refractivity contribution in [2.45, 2.75) is 63.9 Å². The number of unbranched alkanes of at least 4 members (excludes halogenated alkanes) is 3. The lowest BCUT2D eigenvalue weighted by Crippen LogP contribution is -2.20. The summed E-state index contributed by atoms with van der Waals surface area (Å²) in [5, 5.41) is 8.34. The monoisotopic (exact) mass is 283 g/mol. The maximum Gasteiger partial charge on any atom is 0.0645 e. The van der Waals surface area contributed by atoms with E-state index >= 15 is 0 Å². The molecule has 0 aromatic heterocycles. The second kappa shape index (κ2) is 13.4. The number of rotatable bonds is 12. The van der Waals surface area contributed by atoms with E-state index in [9.17, 15) is 0 Å². The largest absolute Gasteiger partial charge is 0.381 e. The van der Waals surface area contributed by atoms with E-state index < -0.39 is 0 Å². The molecule has 0 radical (unpaired) electrons. The highest BCUT2D eigenvalue weighted by Crippen LogP contribution is 2.15. The molecule has 1 aliphatic heterocycles. The average Bonchev–Trinajstić information content (AvgIpc) is 2.49. The summed E-state index contributed by atoms with van der Waals surface area (Å²) in [4.78, 5) is 0. The van der Waals surface area contributed by atoms with E-state index in [0.717, 1.165) is 45.7 Å². The van der Waals surface area contributed by atoms with Gasteiger partial charge in [-0.25, -0.2) is 0 Å². The molecule has 0 amide bonds. The molecule has 0 aromatic rings. The summed E-state index contributed by atoms with van der Waals surface area (Å²) in [6.45, 7) is 3.98. The van der Waals surface area contributed by atoms with E-state index in [1.54, 1.807) is 0 Å². The first-order valence-electron chi connectivity index (χ1n) is 8.07. The number of nitrogens with zero attached hydrogens (tertiary/aromatic N) is 1. The Morgan fingerprint density at radius 3 is 2.35 bits per heavy atom. The van der Waals surface area contributed by atoms with Gasteiger partial charge in [-0.2, -0.15) is 5.26 Å². The zero-order valence-corrected chi connectivity index (χ0v) is 12.6. The second-order valence-electron chi connectivity index (χ2n) is 5.32. The van der Waals surface area contributed by atoms with Crippen molar-refractivity contribution in [3.63, 3.8) is 0 Å². The van der Waals surface area contributed by atoms with Gasteiger partial charge in [0.2, 0.25) is 0 Å². The van der Waals surface area contributed by atoms with Crippen molar-refractivity contribution in [3.8, 4) is 6.07 Å². The summed E-state index contributed by atoms with van der Waals surface area (Å²) in [6, 6.07) is 2.07. The zero-order valence-electron chi connectivity index (χ0n) is 12.6. The molecule has 1 saturated heterocycles. The molecule has 0 aliphatic carbocycles. The topological polar surface area (TPSA) is 51.5 Å². The smallest absolute Gasteiger partial charge is 0.0645 e. The van der Waals surface area contributed by atoms with Crippen LogP contribution in [0.2, 0.25) is 0 Å². The molecule has 116 valence electrons. The number of hydrogen-bond donors (Lipinski definition) is 0. The summed E-state index contributed by atoms with van der Waals surface area (Å²) in [5.74, 6) is 0. The number of nitriles is 1. The lowest BCUT2D eigenvalue weighted by molar-refractivity contribution is -0.00786. The molecular weight excluding hydrogens is 254 g/mol. The zero-order chi connectivity index (χ0) is 14.3. The van der Waals surface area contributed by atoms with Gasteiger partial charge < -0.3 is 14.2 Å². The Balaban J connectivity index is 1.71. The first-order valence-corrected chi connectivity index (χ1v) is 8.07. The Morgan fingerprint density at radius 1 is 0.950 bits per heavy atom. The van der Waals surface area contributed by atoms with E-state index in [1.807, 2.05) is 0 Å². The predicted octanol–water partition coefficient (Wildman–Crippen LogP) is 3.45. The molecule has 0 saturated carbocycles. The molecule has 4 heteroatoms. The van der Waals surface area contributed by atoms with Crippen LogP contribution in [0.4, 0.5) is 0 Å². The fourth-order valence-electron chi connectivity index (χ4n) is 2.33. The van der Waals surface area contributed by atoms with Crippen LogP contribution in [0.5, 0.6) is 0 Å². The van der Waals surface area contributed by atoms with Crippen molar-refractivity contribution >= 4 is 0 Å². The summed E-state index contributed by atoms with van der Waals surface area (Å²) < 4.78 is 16.6. The standard InChI is InChI=1S/C16H29NO3/c17-10-7-13-18-11-4-1-2-5-12-19-15-9-16-8-3-6-14-20-16/h16H,1-9,11-15H2. The number of ether oxygens (including phenoxy) is 3. The van der Waals surface area contributed by atoms with Crippen LogP contribution in [0.25, 0.3) is 0 Å². The summed E-state index contributed by atoms with van der Waals surface area (Å²) in [5.41, 5.74) is 0. The first kappa shape index (κ1) is 17.4. The van der Waals surface area contributed by atoms with Crippen molar-refractivity contribution in [3.05, 3.63) is 0 Å². The summed E-state index contributed by atoms with van der Waals surface area (Å²) >= 11 is 0. The maximum absolute atomic E-state index is 8.34. The van der Waals surface area contributed by atoms with Crippen LogP contribution in [0.15, 0.2) is 0 Å². The normalized spacial score (nSPS) is 18.9. The minimum absolute atomic E-state index is 0.439. The Hall–Kier alpha value is -0.630. The van der Waals surface area contributed by atoms with Gasteiger partial charge in [0.15, 0.2) is 0 Å². The van der Waals surface area contributed by atoms with E-state index in [2.05, 4.69) is 6.07 Å². The SMILES string of the molecule is N#CCCOCCCCCCOCCC1CCCCO1. The van der Waals surface area contributed by atoms with Crippen LogP contribution in [0.1, 0.15) is 57.8 Å².